The topological polar surface area (TPSA) is 62.5 Å². The van der Waals surface area contributed by atoms with Crippen molar-refractivity contribution in [3.63, 3.8) is 0 Å². The van der Waals surface area contributed by atoms with Crippen molar-refractivity contribution in [2.45, 2.75) is 25.7 Å². The second kappa shape index (κ2) is 5.41. The van der Waals surface area contributed by atoms with Crippen LogP contribution in [-0.4, -0.2) is 50.1 Å². The SMILES string of the molecule is Cc1cn2nc(N3CCN(c4nc(C5CC5)ns4)CC3)ccc2n1. The molecule has 1 saturated heterocycles. The minimum atomic E-state index is 0.630. The minimum absolute atomic E-state index is 0.630. The van der Waals surface area contributed by atoms with Gasteiger partial charge in [-0.25, -0.2) is 14.5 Å². The van der Waals surface area contributed by atoms with Gasteiger partial charge < -0.3 is 9.80 Å². The first-order valence-corrected chi connectivity index (χ1v) is 9.20. The monoisotopic (exact) mass is 341 g/mol. The number of rotatable bonds is 3. The zero-order chi connectivity index (χ0) is 16.1. The summed E-state index contributed by atoms with van der Waals surface area (Å²) >= 11 is 1.54. The number of anilines is 2. The molecule has 0 radical (unpaired) electrons. The highest BCUT2D eigenvalue weighted by Crippen LogP contribution is 2.39. The lowest BCUT2D eigenvalue weighted by atomic mass is 10.3. The number of aryl methyl sites for hydroxylation is 1. The van der Waals surface area contributed by atoms with Crippen molar-refractivity contribution in [1.29, 1.82) is 0 Å². The van der Waals surface area contributed by atoms with Gasteiger partial charge in [-0.15, -0.1) is 5.10 Å². The van der Waals surface area contributed by atoms with Gasteiger partial charge in [-0.05, 0) is 31.9 Å². The molecule has 7 nitrogen and oxygen atoms in total. The van der Waals surface area contributed by atoms with Crippen LogP contribution >= 0.6 is 11.5 Å². The van der Waals surface area contributed by atoms with Gasteiger partial charge in [0.05, 0.1) is 11.9 Å². The van der Waals surface area contributed by atoms with Crippen LogP contribution in [0.15, 0.2) is 18.3 Å². The molecule has 3 aromatic heterocycles. The molecule has 0 aromatic carbocycles. The molecule has 3 aromatic rings. The quantitative estimate of drug-likeness (QED) is 0.727. The van der Waals surface area contributed by atoms with Crippen molar-refractivity contribution in [3.8, 4) is 0 Å². The van der Waals surface area contributed by atoms with E-state index in [1.807, 2.05) is 23.7 Å². The molecule has 4 heterocycles. The van der Waals surface area contributed by atoms with Crippen LogP contribution in [0, 0.1) is 6.92 Å². The molecule has 1 aliphatic heterocycles. The second-order valence-corrected chi connectivity index (χ2v) is 7.29. The third kappa shape index (κ3) is 2.50. The average Bonchev–Trinajstić information content (AvgIpc) is 3.21. The Labute approximate surface area is 144 Å². The van der Waals surface area contributed by atoms with Gasteiger partial charge in [0.2, 0.25) is 5.13 Å². The molecule has 2 fully saturated rings. The van der Waals surface area contributed by atoms with Crippen LogP contribution in [0.25, 0.3) is 5.65 Å². The fraction of sp³-hybridized carbons (Fsp3) is 0.500. The molecule has 0 atom stereocenters. The van der Waals surface area contributed by atoms with Crippen molar-refractivity contribution in [3.05, 3.63) is 29.8 Å². The molecule has 0 bridgehead atoms. The minimum Gasteiger partial charge on any atom is -0.352 e. The largest absolute Gasteiger partial charge is 0.352 e. The molecular formula is C16H19N7S. The van der Waals surface area contributed by atoms with Gasteiger partial charge in [-0.1, -0.05) is 0 Å². The fourth-order valence-corrected chi connectivity index (χ4v) is 3.95. The molecule has 2 aliphatic rings. The summed E-state index contributed by atoms with van der Waals surface area (Å²) in [5, 5.41) is 5.76. The third-order valence-corrected chi connectivity index (χ3v) is 5.47. The van der Waals surface area contributed by atoms with Gasteiger partial charge in [0, 0.05) is 43.6 Å². The maximum absolute atomic E-state index is 4.72. The maximum Gasteiger partial charge on any atom is 0.205 e. The van der Waals surface area contributed by atoms with Gasteiger partial charge >= 0.3 is 0 Å². The first-order valence-electron chi connectivity index (χ1n) is 8.43. The molecule has 0 amide bonds. The number of hydrogen-bond donors (Lipinski definition) is 0. The van der Waals surface area contributed by atoms with E-state index >= 15 is 0 Å². The highest BCUT2D eigenvalue weighted by Gasteiger charge is 2.29. The first-order chi connectivity index (χ1) is 11.8. The van der Waals surface area contributed by atoms with Crippen LogP contribution < -0.4 is 9.80 Å². The molecular weight excluding hydrogens is 322 g/mol. The van der Waals surface area contributed by atoms with E-state index in [4.69, 9.17) is 4.98 Å². The number of fused-ring (bicyclic) bond motifs is 1. The molecule has 24 heavy (non-hydrogen) atoms. The van der Waals surface area contributed by atoms with Crippen molar-refractivity contribution in [1.82, 2.24) is 24.0 Å². The molecule has 8 heteroatoms. The summed E-state index contributed by atoms with van der Waals surface area (Å²) in [5.41, 5.74) is 1.89. The summed E-state index contributed by atoms with van der Waals surface area (Å²) in [6, 6.07) is 4.10. The Balaban J connectivity index is 1.29. The van der Waals surface area contributed by atoms with Crippen molar-refractivity contribution >= 4 is 28.1 Å². The highest BCUT2D eigenvalue weighted by molar-refractivity contribution is 7.09. The predicted octanol–water partition coefficient (Wildman–Crippen LogP) is 2.09. The van der Waals surface area contributed by atoms with Crippen molar-refractivity contribution in [2.75, 3.05) is 36.0 Å². The molecule has 0 unspecified atom stereocenters. The van der Waals surface area contributed by atoms with E-state index < -0.39 is 0 Å². The Morgan fingerprint density at radius 2 is 1.83 bits per heavy atom. The summed E-state index contributed by atoms with van der Waals surface area (Å²) < 4.78 is 6.38. The van der Waals surface area contributed by atoms with Gasteiger partial charge in [0.25, 0.3) is 0 Å². The van der Waals surface area contributed by atoms with E-state index in [0.29, 0.717) is 5.92 Å². The second-order valence-electron chi connectivity index (χ2n) is 6.56. The number of nitrogens with zero attached hydrogens (tertiary/aromatic N) is 7. The Morgan fingerprint density at radius 3 is 2.62 bits per heavy atom. The zero-order valence-electron chi connectivity index (χ0n) is 13.6. The number of piperazine rings is 1. The van der Waals surface area contributed by atoms with E-state index in [9.17, 15) is 0 Å². The summed E-state index contributed by atoms with van der Waals surface area (Å²) in [7, 11) is 0. The normalized spacial score (nSPS) is 18.5. The van der Waals surface area contributed by atoms with E-state index in [1.165, 1.54) is 12.8 Å². The summed E-state index contributed by atoms with van der Waals surface area (Å²) in [4.78, 5) is 13.8. The number of aromatic nitrogens is 5. The predicted molar refractivity (Wildman–Crippen MR) is 94.0 cm³/mol. The van der Waals surface area contributed by atoms with Gasteiger partial charge in [0.15, 0.2) is 5.65 Å². The molecule has 124 valence electrons. The van der Waals surface area contributed by atoms with Gasteiger partial charge in [-0.3, -0.25) is 0 Å². The van der Waals surface area contributed by atoms with E-state index in [1.54, 1.807) is 11.5 Å². The third-order valence-electron chi connectivity index (χ3n) is 4.67. The number of hydrogen-bond acceptors (Lipinski definition) is 7. The van der Waals surface area contributed by atoms with Gasteiger partial charge in [0.1, 0.15) is 11.6 Å². The van der Waals surface area contributed by atoms with Crippen molar-refractivity contribution < 1.29 is 0 Å². The molecule has 1 saturated carbocycles. The van der Waals surface area contributed by atoms with Crippen molar-refractivity contribution in [2.24, 2.45) is 0 Å². The summed E-state index contributed by atoms with van der Waals surface area (Å²) in [6.07, 6.45) is 4.48. The average molecular weight is 341 g/mol. The van der Waals surface area contributed by atoms with Crippen LogP contribution in [-0.2, 0) is 0 Å². The van der Waals surface area contributed by atoms with E-state index in [-0.39, 0.29) is 0 Å². The lowest BCUT2D eigenvalue weighted by Gasteiger charge is -2.34. The lowest BCUT2D eigenvalue weighted by molar-refractivity contribution is 0.639. The highest BCUT2D eigenvalue weighted by atomic mass is 32.1. The van der Waals surface area contributed by atoms with Crippen LogP contribution in [0.4, 0.5) is 10.9 Å². The Morgan fingerprint density at radius 1 is 1.04 bits per heavy atom. The molecule has 5 rings (SSSR count). The summed E-state index contributed by atoms with van der Waals surface area (Å²) in [5.74, 6) is 2.70. The Bertz CT molecular complexity index is 874. The van der Waals surface area contributed by atoms with Crippen LogP contribution in [0.5, 0.6) is 0 Å². The number of imidazole rings is 1. The molecule has 0 spiro atoms. The van der Waals surface area contributed by atoms with Crippen LogP contribution in [0.2, 0.25) is 0 Å². The van der Waals surface area contributed by atoms with Crippen LogP contribution in [0.1, 0.15) is 30.3 Å². The summed E-state index contributed by atoms with van der Waals surface area (Å²) in [6.45, 7) is 5.81. The molecule has 0 N–H and O–H groups in total. The maximum atomic E-state index is 4.72. The Kier molecular flexibility index (Phi) is 3.19. The van der Waals surface area contributed by atoms with Gasteiger partial charge in [-0.2, -0.15) is 4.37 Å². The standard InChI is InChI=1S/C16H19N7S/c1-11-10-23-13(17-11)4-5-14(19-23)21-6-8-22(9-7-21)16-18-15(20-24-16)12-2-3-12/h4-5,10,12H,2-3,6-9H2,1H3. The van der Waals surface area contributed by atoms with E-state index in [0.717, 1.165) is 54.3 Å². The lowest BCUT2D eigenvalue weighted by Crippen LogP contribution is -2.47. The van der Waals surface area contributed by atoms with E-state index in [2.05, 4.69) is 30.3 Å². The van der Waals surface area contributed by atoms with Crippen LogP contribution in [0.3, 0.4) is 0 Å². The fourth-order valence-electron chi connectivity index (χ4n) is 3.15. The Hall–Kier alpha value is -2.22. The molecule has 1 aliphatic carbocycles. The first kappa shape index (κ1) is 14.2. The zero-order valence-corrected chi connectivity index (χ0v) is 14.4. The smallest absolute Gasteiger partial charge is 0.205 e.